The molecule has 3 amide bonds. The Kier molecular flexibility index (Phi) is 6.86. The third-order valence-electron chi connectivity index (χ3n) is 6.94. The van der Waals surface area contributed by atoms with E-state index in [1.165, 1.54) is 9.80 Å². The maximum atomic E-state index is 13.8. The lowest BCUT2D eigenvalue weighted by atomic mass is 9.75. The highest BCUT2D eigenvalue weighted by Crippen LogP contribution is 2.45. The van der Waals surface area contributed by atoms with Gasteiger partial charge >= 0.3 is 0 Å². The van der Waals surface area contributed by atoms with Crippen molar-refractivity contribution in [2.75, 3.05) is 13.6 Å². The molecule has 0 radical (unpaired) electrons. The second kappa shape index (κ2) is 9.65. The van der Waals surface area contributed by atoms with Crippen molar-refractivity contribution < 1.29 is 19.5 Å². The Hall–Kier alpha value is -2.70. The van der Waals surface area contributed by atoms with Gasteiger partial charge < -0.3 is 10.0 Å². The zero-order chi connectivity index (χ0) is 23.6. The van der Waals surface area contributed by atoms with Gasteiger partial charge in [-0.1, -0.05) is 73.0 Å². The van der Waals surface area contributed by atoms with E-state index in [1.54, 1.807) is 43.4 Å². The molecule has 1 aliphatic heterocycles. The molecule has 0 bridgehead atoms. The van der Waals surface area contributed by atoms with Gasteiger partial charge in [0, 0.05) is 31.0 Å². The predicted octanol–water partition coefficient (Wildman–Crippen LogP) is 3.86. The van der Waals surface area contributed by atoms with E-state index in [0.717, 1.165) is 25.7 Å². The minimum atomic E-state index is -1.33. The monoisotopic (exact) mass is 468 g/mol. The lowest BCUT2D eigenvalue weighted by Gasteiger charge is -2.31. The summed E-state index contributed by atoms with van der Waals surface area (Å²) in [6.45, 7) is 0.0793. The summed E-state index contributed by atoms with van der Waals surface area (Å²) in [5, 5.41) is 10.9. The molecule has 4 rings (SSSR count). The van der Waals surface area contributed by atoms with Crippen LogP contribution in [0, 0.1) is 0 Å². The van der Waals surface area contributed by atoms with Crippen LogP contribution in [-0.4, -0.2) is 52.3 Å². The van der Waals surface area contributed by atoms with Gasteiger partial charge in [-0.3, -0.25) is 19.3 Å². The fourth-order valence-corrected chi connectivity index (χ4v) is 5.44. The molecule has 2 aromatic rings. The van der Waals surface area contributed by atoms with Crippen LogP contribution >= 0.6 is 11.6 Å². The molecular weight excluding hydrogens is 440 g/mol. The van der Waals surface area contributed by atoms with Crippen molar-refractivity contribution in [2.24, 2.45) is 0 Å². The molecule has 2 unspecified atom stereocenters. The van der Waals surface area contributed by atoms with Crippen LogP contribution in [0.3, 0.4) is 0 Å². The number of carbonyl (C=O) groups excluding carboxylic acids is 3. The number of aliphatic hydroxyl groups excluding tert-OH is 1. The van der Waals surface area contributed by atoms with Crippen molar-refractivity contribution in [1.82, 2.24) is 9.80 Å². The Labute approximate surface area is 199 Å². The number of rotatable bonds is 7. The molecule has 1 N–H and O–H groups in total. The van der Waals surface area contributed by atoms with Gasteiger partial charge in [-0.05, 0) is 30.0 Å². The van der Waals surface area contributed by atoms with Gasteiger partial charge in [0.2, 0.25) is 17.7 Å². The molecule has 174 valence electrons. The normalized spacial score (nSPS) is 22.1. The van der Waals surface area contributed by atoms with Crippen molar-refractivity contribution in [3.8, 4) is 0 Å². The van der Waals surface area contributed by atoms with Crippen LogP contribution in [0.25, 0.3) is 0 Å². The van der Waals surface area contributed by atoms with Crippen molar-refractivity contribution in [1.29, 1.82) is 0 Å². The highest BCUT2D eigenvalue weighted by Gasteiger charge is 2.56. The summed E-state index contributed by atoms with van der Waals surface area (Å²) in [6, 6.07) is 15.9. The second-order valence-corrected chi connectivity index (χ2v) is 9.53. The standard InChI is InChI=1S/C26H29ClN2O4/c1-28(17-22(30)18-9-3-2-4-10-18)23(31)15-26(20-13-7-8-14-21(20)27)16-24(32)29(25(26)33)19-11-5-6-12-19/h2-4,7-10,13-14,19,22,30H,5-6,11-12,15-17H2,1H3. The molecule has 2 fully saturated rings. The van der Waals surface area contributed by atoms with Crippen molar-refractivity contribution >= 4 is 29.3 Å². The minimum absolute atomic E-state index is 0.0765. The smallest absolute Gasteiger partial charge is 0.241 e. The van der Waals surface area contributed by atoms with Crippen LogP contribution in [-0.2, 0) is 19.8 Å². The SMILES string of the molecule is CN(CC(O)c1ccccc1)C(=O)CC1(c2ccccc2Cl)CC(=O)N(C2CCCC2)C1=O. The van der Waals surface area contributed by atoms with Gasteiger partial charge in [-0.25, -0.2) is 0 Å². The summed E-state index contributed by atoms with van der Waals surface area (Å²) >= 11 is 6.49. The average molecular weight is 469 g/mol. The summed E-state index contributed by atoms with van der Waals surface area (Å²) in [5.41, 5.74) is -0.116. The molecule has 1 saturated heterocycles. The molecule has 2 atom stereocenters. The molecule has 33 heavy (non-hydrogen) atoms. The lowest BCUT2D eigenvalue weighted by Crippen LogP contribution is -2.46. The van der Waals surface area contributed by atoms with E-state index >= 15 is 0 Å². The van der Waals surface area contributed by atoms with Gasteiger partial charge in [-0.2, -0.15) is 0 Å². The quantitative estimate of drug-likeness (QED) is 0.626. The van der Waals surface area contributed by atoms with Crippen LogP contribution < -0.4 is 0 Å². The zero-order valence-corrected chi connectivity index (χ0v) is 19.5. The number of carbonyl (C=O) groups is 3. The van der Waals surface area contributed by atoms with E-state index in [4.69, 9.17) is 11.6 Å². The van der Waals surface area contributed by atoms with Crippen molar-refractivity contribution in [2.45, 2.75) is 56.1 Å². The summed E-state index contributed by atoms with van der Waals surface area (Å²) in [7, 11) is 1.60. The number of halogens is 1. The van der Waals surface area contributed by atoms with Crippen LogP contribution in [0.1, 0.15) is 55.8 Å². The van der Waals surface area contributed by atoms with Gasteiger partial charge in [0.25, 0.3) is 0 Å². The Morgan fingerprint density at radius 2 is 1.76 bits per heavy atom. The Morgan fingerprint density at radius 1 is 1.12 bits per heavy atom. The molecule has 6 nitrogen and oxygen atoms in total. The maximum Gasteiger partial charge on any atom is 0.241 e. The molecular formula is C26H29ClN2O4. The minimum Gasteiger partial charge on any atom is -0.387 e. The Bertz CT molecular complexity index is 1040. The van der Waals surface area contributed by atoms with E-state index in [2.05, 4.69) is 0 Å². The summed E-state index contributed by atoms with van der Waals surface area (Å²) in [5.74, 6) is -0.899. The van der Waals surface area contributed by atoms with Gasteiger partial charge in [0.05, 0.1) is 18.1 Å². The number of likely N-dealkylation sites (N-methyl/N-ethyl adjacent to an activating group) is 1. The Balaban J connectivity index is 1.61. The fourth-order valence-electron chi connectivity index (χ4n) is 5.12. The first-order valence-electron chi connectivity index (χ1n) is 11.4. The number of aliphatic hydroxyl groups is 1. The largest absolute Gasteiger partial charge is 0.387 e. The van der Waals surface area contributed by atoms with Crippen LogP contribution in [0.5, 0.6) is 0 Å². The highest BCUT2D eigenvalue weighted by atomic mass is 35.5. The molecule has 2 aliphatic rings. The third-order valence-corrected chi connectivity index (χ3v) is 7.27. The second-order valence-electron chi connectivity index (χ2n) is 9.12. The predicted molar refractivity (Wildman–Crippen MR) is 126 cm³/mol. The lowest BCUT2D eigenvalue weighted by molar-refractivity contribution is -0.144. The van der Waals surface area contributed by atoms with Gasteiger partial charge in [0.1, 0.15) is 0 Å². The topological polar surface area (TPSA) is 77.9 Å². The molecule has 1 aliphatic carbocycles. The maximum absolute atomic E-state index is 13.8. The molecule has 2 aromatic carbocycles. The fraction of sp³-hybridized carbons (Fsp3) is 0.423. The first-order chi connectivity index (χ1) is 15.8. The van der Waals surface area contributed by atoms with Crippen LogP contribution in [0.2, 0.25) is 5.02 Å². The van der Waals surface area contributed by atoms with Gasteiger partial charge in [-0.15, -0.1) is 0 Å². The number of imide groups is 1. The summed E-state index contributed by atoms with van der Waals surface area (Å²) in [4.78, 5) is 43.0. The third kappa shape index (κ3) is 4.55. The molecule has 0 aromatic heterocycles. The number of benzene rings is 2. The molecule has 0 spiro atoms. The molecule has 7 heteroatoms. The summed E-state index contributed by atoms with van der Waals surface area (Å²) in [6.07, 6.45) is 2.46. The average Bonchev–Trinajstić information content (AvgIpc) is 3.41. The zero-order valence-electron chi connectivity index (χ0n) is 18.7. The number of likely N-dealkylation sites (tertiary alicyclic amines) is 1. The Morgan fingerprint density at radius 3 is 2.42 bits per heavy atom. The first kappa shape index (κ1) is 23.5. The highest BCUT2D eigenvalue weighted by molar-refractivity contribution is 6.32. The number of amides is 3. The van der Waals surface area contributed by atoms with E-state index in [9.17, 15) is 19.5 Å². The number of hydrogen-bond acceptors (Lipinski definition) is 4. The first-order valence-corrected chi connectivity index (χ1v) is 11.8. The van der Waals surface area contributed by atoms with Gasteiger partial charge in [0.15, 0.2) is 0 Å². The van der Waals surface area contributed by atoms with E-state index < -0.39 is 11.5 Å². The number of nitrogens with zero attached hydrogens (tertiary/aromatic N) is 2. The van der Waals surface area contributed by atoms with Crippen molar-refractivity contribution in [3.05, 3.63) is 70.7 Å². The summed E-state index contributed by atoms with van der Waals surface area (Å²) < 4.78 is 0. The van der Waals surface area contributed by atoms with E-state index in [0.29, 0.717) is 16.1 Å². The van der Waals surface area contributed by atoms with Crippen LogP contribution in [0.15, 0.2) is 54.6 Å². The molecule has 1 heterocycles. The van der Waals surface area contributed by atoms with Crippen molar-refractivity contribution in [3.63, 3.8) is 0 Å². The van der Waals surface area contributed by atoms with E-state index in [-0.39, 0.29) is 43.1 Å². The van der Waals surface area contributed by atoms with E-state index in [1.807, 2.05) is 18.2 Å². The number of hydrogen-bond donors (Lipinski definition) is 1. The molecule has 1 saturated carbocycles. The van der Waals surface area contributed by atoms with Crippen LogP contribution in [0.4, 0.5) is 0 Å².